The van der Waals surface area contributed by atoms with Crippen LogP contribution in [-0.4, -0.2) is 25.7 Å². The van der Waals surface area contributed by atoms with E-state index in [2.05, 4.69) is 12.2 Å². The molecule has 0 fully saturated rings. The average molecular weight is 265 g/mol. The van der Waals surface area contributed by atoms with Gasteiger partial charge in [-0.05, 0) is 25.0 Å². The van der Waals surface area contributed by atoms with Crippen LogP contribution in [0.5, 0.6) is 5.75 Å². The Morgan fingerprint density at radius 3 is 2.58 bits per heavy atom. The second kappa shape index (κ2) is 7.02. The third-order valence-corrected chi connectivity index (χ3v) is 3.31. The first-order chi connectivity index (χ1) is 9.11. The van der Waals surface area contributed by atoms with Crippen molar-refractivity contribution < 1.29 is 14.3 Å². The van der Waals surface area contributed by atoms with Gasteiger partial charge in [0, 0.05) is 11.8 Å². The summed E-state index contributed by atoms with van der Waals surface area (Å²) in [5.41, 5.74) is 0.190. The fourth-order valence-electron chi connectivity index (χ4n) is 2.22. The Kier molecular flexibility index (Phi) is 5.67. The Balaban J connectivity index is 3.01. The molecule has 0 bridgehead atoms. The van der Waals surface area contributed by atoms with Crippen LogP contribution in [0.25, 0.3) is 0 Å². The highest BCUT2D eigenvalue weighted by molar-refractivity contribution is 5.84. The van der Waals surface area contributed by atoms with Gasteiger partial charge in [-0.2, -0.15) is 0 Å². The van der Waals surface area contributed by atoms with Gasteiger partial charge >= 0.3 is 5.97 Å². The van der Waals surface area contributed by atoms with E-state index >= 15 is 0 Å². The highest BCUT2D eigenvalue weighted by atomic mass is 16.5. The van der Waals surface area contributed by atoms with Crippen molar-refractivity contribution in [1.82, 2.24) is 0 Å². The quantitative estimate of drug-likeness (QED) is 0.769. The first kappa shape index (κ1) is 15.3. The summed E-state index contributed by atoms with van der Waals surface area (Å²) in [6.07, 6.45) is 2.30. The first-order valence-electron chi connectivity index (χ1n) is 6.62. The predicted molar refractivity (Wildman–Crippen MR) is 76.6 cm³/mol. The van der Waals surface area contributed by atoms with Crippen molar-refractivity contribution in [3.8, 4) is 5.75 Å². The smallest absolute Gasteiger partial charge is 0.331 e. The van der Waals surface area contributed by atoms with Crippen molar-refractivity contribution in [3.05, 3.63) is 24.3 Å². The topological polar surface area (TPSA) is 47.6 Å². The van der Waals surface area contributed by atoms with Crippen LogP contribution in [0.3, 0.4) is 0 Å². The standard InChI is InChI=1S/C15H23NO3/c1-5-10-15(6-2,14(17)19-4)16-12-8-7-9-13(11-12)18-3/h7-9,11,16H,5-6,10H2,1-4H3. The molecule has 0 amide bonds. The van der Waals surface area contributed by atoms with Gasteiger partial charge in [0.25, 0.3) is 0 Å². The number of hydrogen-bond donors (Lipinski definition) is 1. The largest absolute Gasteiger partial charge is 0.497 e. The van der Waals surface area contributed by atoms with E-state index < -0.39 is 5.54 Å². The van der Waals surface area contributed by atoms with Crippen molar-refractivity contribution in [1.29, 1.82) is 0 Å². The number of methoxy groups -OCH3 is 2. The molecule has 4 heteroatoms. The van der Waals surface area contributed by atoms with Crippen LogP contribution in [0.15, 0.2) is 24.3 Å². The van der Waals surface area contributed by atoms with Crippen LogP contribution in [-0.2, 0) is 9.53 Å². The van der Waals surface area contributed by atoms with Crippen molar-refractivity contribution in [2.24, 2.45) is 0 Å². The zero-order chi connectivity index (χ0) is 14.3. The van der Waals surface area contributed by atoms with E-state index in [1.165, 1.54) is 7.11 Å². The number of anilines is 1. The van der Waals surface area contributed by atoms with Crippen molar-refractivity contribution in [2.45, 2.75) is 38.6 Å². The SMILES string of the molecule is CCCC(CC)(Nc1cccc(OC)c1)C(=O)OC. The van der Waals surface area contributed by atoms with Gasteiger partial charge in [0.05, 0.1) is 14.2 Å². The molecule has 1 rings (SSSR count). The predicted octanol–water partition coefficient (Wildman–Crippen LogP) is 3.23. The molecule has 1 atom stereocenters. The minimum atomic E-state index is -0.671. The Morgan fingerprint density at radius 2 is 2.05 bits per heavy atom. The first-order valence-corrected chi connectivity index (χ1v) is 6.62. The van der Waals surface area contributed by atoms with Gasteiger partial charge in [-0.15, -0.1) is 0 Å². The van der Waals surface area contributed by atoms with Crippen molar-refractivity contribution >= 4 is 11.7 Å². The molecule has 19 heavy (non-hydrogen) atoms. The number of hydrogen-bond acceptors (Lipinski definition) is 4. The molecule has 1 aromatic rings. The van der Waals surface area contributed by atoms with Crippen LogP contribution in [0, 0.1) is 0 Å². The normalized spacial score (nSPS) is 13.5. The Morgan fingerprint density at radius 1 is 1.32 bits per heavy atom. The van der Waals surface area contributed by atoms with Gasteiger partial charge in [0.2, 0.25) is 0 Å². The van der Waals surface area contributed by atoms with Crippen LogP contribution in [0.4, 0.5) is 5.69 Å². The van der Waals surface area contributed by atoms with Gasteiger partial charge in [0.1, 0.15) is 11.3 Å². The number of carbonyl (C=O) groups is 1. The summed E-state index contributed by atoms with van der Waals surface area (Å²) < 4.78 is 10.1. The Hall–Kier alpha value is -1.71. The summed E-state index contributed by atoms with van der Waals surface area (Å²) in [5.74, 6) is 0.538. The summed E-state index contributed by atoms with van der Waals surface area (Å²) in [5, 5.41) is 3.31. The molecule has 0 spiro atoms. The van der Waals surface area contributed by atoms with E-state index in [1.54, 1.807) is 7.11 Å². The van der Waals surface area contributed by atoms with Crippen molar-refractivity contribution in [2.75, 3.05) is 19.5 Å². The van der Waals surface area contributed by atoms with E-state index in [0.29, 0.717) is 6.42 Å². The maximum absolute atomic E-state index is 12.1. The molecular formula is C15H23NO3. The molecule has 0 aliphatic heterocycles. The molecule has 0 saturated carbocycles. The molecule has 0 aliphatic carbocycles. The lowest BCUT2D eigenvalue weighted by Gasteiger charge is -2.31. The zero-order valence-electron chi connectivity index (χ0n) is 12.2. The fraction of sp³-hybridized carbons (Fsp3) is 0.533. The number of carbonyl (C=O) groups excluding carboxylic acids is 1. The molecule has 4 nitrogen and oxygen atoms in total. The molecule has 1 N–H and O–H groups in total. The van der Waals surface area contributed by atoms with E-state index in [-0.39, 0.29) is 5.97 Å². The average Bonchev–Trinajstić information content (AvgIpc) is 2.46. The Bertz CT molecular complexity index is 420. The second-order valence-electron chi connectivity index (χ2n) is 4.53. The number of rotatable bonds is 7. The molecule has 0 aromatic heterocycles. The Labute approximate surface area is 115 Å². The van der Waals surface area contributed by atoms with Gasteiger partial charge in [-0.1, -0.05) is 26.3 Å². The lowest BCUT2D eigenvalue weighted by molar-refractivity contribution is -0.146. The third-order valence-electron chi connectivity index (χ3n) is 3.31. The maximum Gasteiger partial charge on any atom is 0.331 e. The fourth-order valence-corrected chi connectivity index (χ4v) is 2.22. The van der Waals surface area contributed by atoms with Crippen LogP contribution in [0.2, 0.25) is 0 Å². The minimum absolute atomic E-state index is 0.223. The monoisotopic (exact) mass is 265 g/mol. The van der Waals surface area contributed by atoms with E-state index in [0.717, 1.165) is 24.3 Å². The highest BCUT2D eigenvalue weighted by Gasteiger charge is 2.36. The van der Waals surface area contributed by atoms with Crippen molar-refractivity contribution in [3.63, 3.8) is 0 Å². The summed E-state index contributed by atoms with van der Waals surface area (Å²) in [6.45, 7) is 4.04. The zero-order valence-corrected chi connectivity index (χ0v) is 12.2. The summed E-state index contributed by atoms with van der Waals surface area (Å²) >= 11 is 0. The summed E-state index contributed by atoms with van der Waals surface area (Å²) in [6, 6.07) is 7.57. The second-order valence-corrected chi connectivity index (χ2v) is 4.53. The molecule has 1 unspecified atom stereocenters. The van der Waals surface area contributed by atoms with E-state index in [4.69, 9.17) is 9.47 Å². The van der Waals surface area contributed by atoms with E-state index in [1.807, 2.05) is 31.2 Å². The molecule has 0 saturated heterocycles. The molecule has 0 heterocycles. The van der Waals surface area contributed by atoms with Gasteiger partial charge < -0.3 is 14.8 Å². The van der Waals surface area contributed by atoms with Crippen LogP contribution >= 0.6 is 0 Å². The molecule has 1 aromatic carbocycles. The minimum Gasteiger partial charge on any atom is -0.497 e. The van der Waals surface area contributed by atoms with Crippen LogP contribution < -0.4 is 10.1 Å². The lowest BCUT2D eigenvalue weighted by atomic mass is 9.90. The third kappa shape index (κ3) is 3.63. The van der Waals surface area contributed by atoms with Gasteiger partial charge in [-0.25, -0.2) is 4.79 Å². The molecular weight excluding hydrogens is 242 g/mol. The number of nitrogens with one attached hydrogen (secondary N) is 1. The lowest BCUT2D eigenvalue weighted by Crippen LogP contribution is -2.46. The molecule has 106 valence electrons. The number of esters is 1. The number of benzene rings is 1. The van der Waals surface area contributed by atoms with E-state index in [9.17, 15) is 4.79 Å². The number of ether oxygens (including phenoxy) is 2. The van der Waals surface area contributed by atoms with Gasteiger partial charge in [-0.3, -0.25) is 0 Å². The summed E-state index contributed by atoms with van der Waals surface area (Å²) in [7, 11) is 3.05. The maximum atomic E-state index is 12.1. The highest BCUT2D eigenvalue weighted by Crippen LogP contribution is 2.27. The molecule has 0 aliphatic rings. The van der Waals surface area contributed by atoms with Crippen LogP contribution in [0.1, 0.15) is 33.1 Å². The van der Waals surface area contributed by atoms with Gasteiger partial charge in [0.15, 0.2) is 0 Å². The molecule has 0 radical (unpaired) electrons. The summed E-state index contributed by atoms with van der Waals surface area (Å²) in [4.78, 5) is 12.1.